The van der Waals surface area contributed by atoms with Crippen molar-refractivity contribution in [2.24, 2.45) is 11.7 Å². The largest absolute Gasteiger partial charge is 0.329 e. The summed E-state index contributed by atoms with van der Waals surface area (Å²) in [6, 6.07) is 1.31. The van der Waals surface area contributed by atoms with Crippen molar-refractivity contribution in [2.75, 3.05) is 6.54 Å². The van der Waals surface area contributed by atoms with E-state index in [9.17, 15) is 8.42 Å². The molecule has 1 unspecified atom stereocenters. The van der Waals surface area contributed by atoms with Gasteiger partial charge in [-0.2, -0.15) is 0 Å². The van der Waals surface area contributed by atoms with Crippen molar-refractivity contribution in [2.45, 2.75) is 31.0 Å². The molecule has 0 bridgehead atoms. The lowest BCUT2D eigenvalue weighted by Gasteiger charge is -2.19. The highest BCUT2D eigenvalue weighted by Crippen LogP contribution is 2.30. The molecule has 0 fully saturated rings. The topological polar surface area (TPSA) is 72.2 Å². The van der Waals surface area contributed by atoms with Gasteiger partial charge in [0, 0.05) is 12.6 Å². The van der Waals surface area contributed by atoms with Crippen molar-refractivity contribution in [3.8, 4) is 0 Å². The summed E-state index contributed by atoms with van der Waals surface area (Å²) in [5, 5.41) is 0. The number of hydrogen-bond donors (Lipinski definition) is 2. The summed E-state index contributed by atoms with van der Waals surface area (Å²) < 4.78 is 27.4. The zero-order chi connectivity index (χ0) is 13.2. The Morgan fingerprint density at radius 3 is 2.47 bits per heavy atom. The van der Waals surface area contributed by atoms with E-state index >= 15 is 0 Å². The fourth-order valence-electron chi connectivity index (χ4n) is 1.28. The Morgan fingerprint density at radius 2 is 2.12 bits per heavy atom. The molecule has 17 heavy (non-hydrogen) atoms. The molecule has 1 aromatic heterocycles. The summed E-state index contributed by atoms with van der Waals surface area (Å²) in [4.78, 5) is 0. The molecular weight excluding hydrogens is 280 g/mol. The summed E-state index contributed by atoms with van der Waals surface area (Å²) in [5.41, 5.74) is 6.31. The molecule has 0 aliphatic carbocycles. The SMILES string of the molecule is Cc1cc(S(=O)(=O)NC(CN)C(C)C)sc1Cl. The molecule has 0 saturated carbocycles. The van der Waals surface area contributed by atoms with Gasteiger partial charge in [-0.3, -0.25) is 0 Å². The summed E-state index contributed by atoms with van der Waals surface area (Å²) in [5.74, 6) is 0.145. The third-order valence-electron chi connectivity index (χ3n) is 2.46. The van der Waals surface area contributed by atoms with Gasteiger partial charge in [0.05, 0.1) is 4.34 Å². The van der Waals surface area contributed by atoms with E-state index in [4.69, 9.17) is 17.3 Å². The molecule has 98 valence electrons. The molecule has 1 rings (SSSR count). The molecule has 3 N–H and O–H groups in total. The number of rotatable bonds is 5. The molecule has 1 aromatic rings. The van der Waals surface area contributed by atoms with Crippen LogP contribution in [0.4, 0.5) is 0 Å². The quantitative estimate of drug-likeness (QED) is 0.872. The average Bonchev–Trinajstić information content (AvgIpc) is 2.56. The van der Waals surface area contributed by atoms with Gasteiger partial charge in [0.15, 0.2) is 0 Å². The van der Waals surface area contributed by atoms with E-state index in [2.05, 4.69) is 4.72 Å². The van der Waals surface area contributed by atoms with Crippen LogP contribution in [0.15, 0.2) is 10.3 Å². The maximum absolute atomic E-state index is 12.1. The van der Waals surface area contributed by atoms with E-state index < -0.39 is 10.0 Å². The fraction of sp³-hybridized carbons (Fsp3) is 0.600. The van der Waals surface area contributed by atoms with Crippen molar-refractivity contribution in [1.29, 1.82) is 0 Å². The lowest BCUT2D eigenvalue weighted by molar-refractivity contribution is 0.455. The number of nitrogens with one attached hydrogen (secondary N) is 1. The standard InChI is InChI=1S/C10H17ClN2O2S2/c1-6(2)8(5-12)13-17(14,15)9-4-7(3)10(11)16-9/h4,6,8,13H,5,12H2,1-3H3. The third kappa shape index (κ3) is 3.66. The average molecular weight is 297 g/mol. The third-order valence-corrected chi connectivity index (χ3v) is 5.98. The number of halogens is 1. The zero-order valence-electron chi connectivity index (χ0n) is 10.0. The molecule has 0 radical (unpaired) electrons. The molecule has 1 atom stereocenters. The predicted molar refractivity (Wildman–Crippen MR) is 72.1 cm³/mol. The van der Waals surface area contributed by atoms with Crippen LogP contribution in [0.3, 0.4) is 0 Å². The first-order valence-electron chi connectivity index (χ1n) is 5.26. The van der Waals surface area contributed by atoms with Crippen molar-refractivity contribution in [3.63, 3.8) is 0 Å². The summed E-state index contributed by atoms with van der Waals surface area (Å²) in [6.07, 6.45) is 0. The molecule has 7 heteroatoms. The highest BCUT2D eigenvalue weighted by Gasteiger charge is 2.23. The molecule has 0 aliphatic heterocycles. The van der Waals surface area contributed by atoms with E-state index in [1.807, 2.05) is 13.8 Å². The molecule has 0 amide bonds. The number of thiophene rings is 1. The molecule has 0 aliphatic rings. The van der Waals surface area contributed by atoms with Crippen molar-refractivity contribution in [3.05, 3.63) is 16.0 Å². The summed E-state index contributed by atoms with van der Waals surface area (Å²) in [7, 11) is -3.51. The summed E-state index contributed by atoms with van der Waals surface area (Å²) >= 11 is 6.93. The highest BCUT2D eigenvalue weighted by atomic mass is 35.5. The molecule has 1 heterocycles. The van der Waals surface area contributed by atoms with E-state index in [-0.39, 0.29) is 22.7 Å². The highest BCUT2D eigenvalue weighted by molar-refractivity contribution is 7.91. The zero-order valence-corrected chi connectivity index (χ0v) is 12.4. The van der Waals surface area contributed by atoms with E-state index in [0.717, 1.165) is 16.9 Å². The van der Waals surface area contributed by atoms with Gasteiger partial charge in [0.25, 0.3) is 0 Å². The first kappa shape index (κ1) is 14.9. The Balaban J connectivity index is 2.96. The van der Waals surface area contributed by atoms with Gasteiger partial charge < -0.3 is 5.73 Å². The minimum atomic E-state index is -3.51. The Kier molecular flexibility index (Phi) is 4.97. The van der Waals surface area contributed by atoms with E-state index in [1.54, 1.807) is 13.0 Å². The molecule has 0 aromatic carbocycles. The van der Waals surface area contributed by atoms with Gasteiger partial charge in [0.1, 0.15) is 4.21 Å². The smallest absolute Gasteiger partial charge is 0.250 e. The first-order chi connectivity index (χ1) is 7.77. The van der Waals surface area contributed by atoms with Gasteiger partial charge in [-0.15, -0.1) is 11.3 Å². The molecule has 4 nitrogen and oxygen atoms in total. The maximum atomic E-state index is 12.1. The van der Waals surface area contributed by atoms with Crippen molar-refractivity contribution >= 4 is 33.0 Å². The second-order valence-corrected chi connectivity index (χ2v) is 7.82. The van der Waals surface area contributed by atoms with E-state index in [0.29, 0.717) is 4.34 Å². The fourth-order valence-corrected chi connectivity index (χ4v) is 4.40. The Morgan fingerprint density at radius 1 is 1.53 bits per heavy atom. The van der Waals surface area contributed by atoms with Crippen LogP contribution in [-0.2, 0) is 10.0 Å². The second kappa shape index (κ2) is 5.67. The Hall–Kier alpha value is -0.140. The van der Waals surface area contributed by atoms with Crippen LogP contribution in [0.2, 0.25) is 4.34 Å². The van der Waals surface area contributed by atoms with Crippen LogP contribution in [-0.4, -0.2) is 21.0 Å². The van der Waals surface area contributed by atoms with Crippen LogP contribution < -0.4 is 10.5 Å². The lowest BCUT2D eigenvalue weighted by Crippen LogP contribution is -2.43. The molecular formula is C10H17ClN2O2S2. The molecule has 0 spiro atoms. The van der Waals surface area contributed by atoms with Gasteiger partial charge >= 0.3 is 0 Å². The van der Waals surface area contributed by atoms with Crippen LogP contribution in [0.5, 0.6) is 0 Å². The van der Waals surface area contributed by atoms with Crippen molar-refractivity contribution in [1.82, 2.24) is 4.72 Å². The van der Waals surface area contributed by atoms with Gasteiger partial charge in [-0.05, 0) is 24.5 Å². The maximum Gasteiger partial charge on any atom is 0.250 e. The number of aryl methyl sites for hydroxylation is 1. The minimum absolute atomic E-state index is 0.145. The van der Waals surface area contributed by atoms with Crippen LogP contribution >= 0.6 is 22.9 Å². The number of sulfonamides is 1. The number of nitrogens with two attached hydrogens (primary N) is 1. The Bertz CT molecular complexity index is 463. The van der Waals surface area contributed by atoms with Gasteiger partial charge in [-0.25, -0.2) is 13.1 Å². The number of hydrogen-bond acceptors (Lipinski definition) is 4. The minimum Gasteiger partial charge on any atom is -0.329 e. The lowest BCUT2D eigenvalue weighted by atomic mass is 10.1. The van der Waals surface area contributed by atoms with Crippen LogP contribution in [0.25, 0.3) is 0 Å². The first-order valence-corrected chi connectivity index (χ1v) is 7.94. The molecule has 0 saturated heterocycles. The van der Waals surface area contributed by atoms with Gasteiger partial charge in [0.2, 0.25) is 10.0 Å². The summed E-state index contributed by atoms with van der Waals surface area (Å²) in [6.45, 7) is 5.90. The second-order valence-electron chi connectivity index (χ2n) is 4.23. The predicted octanol–water partition coefficient (Wildman–Crippen LogP) is 1.97. The van der Waals surface area contributed by atoms with Crippen LogP contribution in [0, 0.1) is 12.8 Å². The van der Waals surface area contributed by atoms with Crippen LogP contribution in [0.1, 0.15) is 19.4 Å². The van der Waals surface area contributed by atoms with Gasteiger partial charge in [-0.1, -0.05) is 25.4 Å². The normalized spacial score (nSPS) is 14.2. The van der Waals surface area contributed by atoms with Crippen molar-refractivity contribution < 1.29 is 8.42 Å². The monoisotopic (exact) mass is 296 g/mol. The van der Waals surface area contributed by atoms with E-state index in [1.165, 1.54) is 0 Å². The Labute approximate surface area is 111 Å².